The fourth-order valence-electron chi connectivity index (χ4n) is 2.25. The monoisotopic (exact) mass is 295 g/mol. The Balaban J connectivity index is 1.73. The number of amides is 1. The van der Waals surface area contributed by atoms with E-state index in [9.17, 15) is 4.79 Å². The highest BCUT2D eigenvalue weighted by atomic mass is 16.5. The summed E-state index contributed by atoms with van der Waals surface area (Å²) in [5.74, 6) is 0.457. The van der Waals surface area contributed by atoms with Gasteiger partial charge >= 0.3 is 0 Å². The number of hydrogen-bond donors (Lipinski definition) is 1. The van der Waals surface area contributed by atoms with Gasteiger partial charge in [-0.25, -0.2) is 4.98 Å². The second-order valence-corrected chi connectivity index (χ2v) is 5.05. The van der Waals surface area contributed by atoms with E-state index in [1.54, 1.807) is 0 Å². The van der Waals surface area contributed by atoms with Gasteiger partial charge in [0.15, 0.2) is 12.3 Å². The van der Waals surface area contributed by atoms with Crippen molar-refractivity contribution in [3.05, 3.63) is 60.0 Å². The first kappa shape index (κ1) is 14.1. The molecule has 0 saturated heterocycles. The Labute approximate surface area is 128 Å². The summed E-state index contributed by atoms with van der Waals surface area (Å²) in [5.41, 5.74) is 3.43. The molecule has 1 amide bonds. The molecule has 112 valence electrons. The average Bonchev–Trinajstić information content (AvgIpc) is 2.83. The van der Waals surface area contributed by atoms with Crippen molar-refractivity contribution in [2.45, 2.75) is 13.8 Å². The molecule has 0 atom stereocenters. The molecule has 0 bridgehead atoms. The van der Waals surface area contributed by atoms with Crippen LogP contribution in [0.3, 0.4) is 0 Å². The number of aryl methyl sites for hydroxylation is 2. The Morgan fingerprint density at radius 2 is 1.95 bits per heavy atom. The predicted molar refractivity (Wildman–Crippen MR) is 85.2 cm³/mol. The number of pyridine rings is 1. The fraction of sp³-hybridized carbons (Fsp3) is 0.176. The molecule has 0 radical (unpaired) electrons. The molecule has 0 aliphatic rings. The smallest absolute Gasteiger partial charge is 0.262 e. The van der Waals surface area contributed by atoms with E-state index in [2.05, 4.69) is 10.3 Å². The van der Waals surface area contributed by atoms with Gasteiger partial charge in [0.25, 0.3) is 5.91 Å². The Morgan fingerprint density at radius 1 is 1.18 bits per heavy atom. The Bertz CT molecular complexity index is 809. The third-order valence-electron chi connectivity index (χ3n) is 3.51. The van der Waals surface area contributed by atoms with E-state index in [1.165, 1.54) is 0 Å². The molecule has 0 aliphatic carbocycles. The van der Waals surface area contributed by atoms with Crippen LogP contribution in [0.5, 0.6) is 5.75 Å². The molecule has 3 rings (SSSR count). The molecule has 5 nitrogen and oxygen atoms in total. The first-order chi connectivity index (χ1) is 10.6. The lowest BCUT2D eigenvalue weighted by atomic mass is 10.3. The lowest BCUT2D eigenvalue weighted by Gasteiger charge is -2.08. The second-order valence-electron chi connectivity index (χ2n) is 5.05. The Kier molecular flexibility index (Phi) is 3.78. The van der Waals surface area contributed by atoms with Crippen LogP contribution in [0.25, 0.3) is 5.65 Å². The largest absolute Gasteiger partial charge is 0.484 e. The van der Waals surface area contributed by atoms with Crippen LogP contribution in [0.1, 0.15) is 11.4 Å². The molecule has 2 aromatic heterocycles. The number of nitrogens with one attached hydrogen (secondary N) is 1. The number of imidazole rings is 1. The standard InChI is InChI=1S/C17H17N3O2/c1-12-13(2)20-10-6-9-15(17(20)18-12)19-16(21)11-22-14-7-4-3-5-8-14/h3-10H,11H2,1-2H3,(H,19,21). The quantitative estimate of drug-likeness (QED) is 0.805. The van der Waals surface area contributed by atoms with Crippen molar-refractivity contribution in [1.82, 2.24) is 9.38 Å². The molecule has 1 aromatic carbocycles. The third kappa shape index (κ3) is 2.79. The maximum Gasteiger partial charge on any atom is 0.262 e. The first-order valence-electron chi connectivity index (χ1n) is 7.07. The topological polar surface area (TPSA) is 55.6 Å². The fourth-order valence-corrected chi connectivity index (χ4v) is 2.25. The van der Waals surface area contributed by atoms with Gasteiger partial charge in [-0.3, -0.25) is 4.79 Å². The van der Waals surface area contributed by atoms with E-state index in [0.29, 0.717) is 11.4 Å². The van der Waals surface area contributed by atoms with Gasteiger partial charge in [-0.2, -0.15) is 0 Å². The zero-order valence-electron chi connectivity index (χ0n) is 12.5. The molecule has 1 N–H and O–H groups in total. The lowest BCUT2D eigenvalue weighted by Crippen LogP contribution is -2.20. The van der Waals surface area contributed by atoms with Crippen molar-refractivity contribution in [2.75, 3.05) is 11.9 Å². The van der Waals surface area contributed by atoms with Crippen molar-refractivity contribution >= 4 is 17.2 Å². The van der Waals surface area contributed by atoms with E-state index in [0.717, 1.165) is 17.0 Å². The summed E-state index contributed by atoms with van der Waals surface area (Å²) in [4.78, 5) is 16.5. The summed E-state index contributed by atoms with van der Waals surface area (Å²) in [6.07, 6.45) is 1.93. The van der Waals surface area contributed by atoms with E-state index < -0.39 is 0 Å². The summed E-state index contributed by atoms with van der Waals surface area (Å²) in [7, 11) is 0. The number of carbonyl (C=O) groups is 1. The zero-order valence-corrected chi connectivity index (χ0v) is 12.5. The van der Waals surface area contributed by atoms with E-state index in [1.807, 2.05) is 66.9 Å². The molecule has 0 aliphatic heterocycles. The normalized spacial score (nSPS) is 10.6. The van der Waals surface area contributed by atoms with Crippen molar-refractivity contribution in [3.63, 3.8) is 0 Å². The van der Waals surface area contributed by atoms with Crippen LogP contribution in [0.15, 0.2) is 48.7 Å². The van der Waals surface area contributed by atoms with Gasteiger partial charge < -0.3 is 14.5 Å². The van der Waals surface area contributed by atoms with Gasteiger partial charge in [0.05, 0.1) is 11.4 Å². The van der Waals surface area contributed by atoms with Crippen LogP contribution in [-0.2, 0) is 4.79 Å². The van der Waals surface area contributed by atoms with E-state index in [-0.39, 0.29) is 12.5 Å². The maximum absolute atomic E-state index is 12.0. The van der Waals surface area contributed by atoms with Crippen LogP contribution in [-0.4, -0.2) is 21.9 Å². The summed E-state index contributed by atoms with van der Waals surface area (Å²) in [5, 5.41) is 2.85. The molecule has 5 heteroatoms. The van der Waals surface area contributed by atoms with Crippen LogP contribution in [0, 0.1) is 13.8 Å². The number of carbonyl (C=O) groups excluding carboxylic acids is 1. The first-order valence-corrected chi connectivity index (χ1v) is 7.07. The SMILES string of the molecule is Cc1nc2c(NC(=O)COc3ccccc3)cccn2c1C. The number of aromatic nitrogens is 2. The predicted octanol–water partition coefficient (Wildman–Crippen LogP) is 2.97. The van der Waals surface area contributed by atoms with Crippen molar-refractivity contribution in [1.29, 1.82) is 0 Å². The minimum atomic E-state index is -0.213. The van der Waals surface area contributed by atoms with Crippen LogP contribution in [0.2, 0.25) is 0 Å². The number of nitrogens with zero attached hydrogens (tertiary/aromatic N) is 2. The molecular formula is C17H17N3O2. The highest BCUT2D eigenvalue weighted by molar-refractivity contribution is 5.95. The van der Waals surface area contributed by atoms with Gasteiger partial charge in [-0.05, 0) is 38.1 Å². The minimum Gasteiger partial charge on any atom is -0.484 e. The maximum atomic E-state index is 12.0. The van der Waals surface area contributed by atoms with E-state index in [4.69, 9.17) is 4.74 Å². The Morgan fingerprint density at radius 3 is 2.73 bits per heavy atom. The van der Waals surface area contributed by atoms with Gasteiger partial charge in [0.1, 0.15) is 5.75 Å². The number of benzene rings is 1. The molecule has 0 saturated carbocycles. The number of anilines is 1. The third-order valence-corrected chi connectivity index (χ3v) is 3.51. The number of ether oxygens (including phenoxy) is 1. The Hall–Kier alpha value is -2.82. The zero-order chi connectivity index (χ0) is 15.5. The van der Waals surface area contributed by atoms with Crippen molar-refractivity contribution in [2.24, 2.45) is 0 Å². The lowest BCUT2D eigenvalue weighted by molar-refractivity contribution is -0.118. The molecule has 3 aromatic rings. The van der Waals surface area contributed by atoms with E-state index >= 15 is 0 Å². The van der Waals surface area contributed by atoms with Gasteiger partial charge in [-0.15, -0.1) is 0 Å². The number of fused-ring (bicyclic) bond motifs is 1. The van der Waals surface area contributed by atoms with Gasteiger partial charge in [0.2, 0.25) is 0 Å². The second kappa shape index (κ2) is 5.89. The summed E-state index contributed by atoms with van der Waals surface area (Å²) in [6.45, 7) is 3.91. The molecule has 2 heterocycles. The molecule has 22 heavy (non-hydrogen) atoms. The summed E-state index contributed by atoms with van der Waals surface area (Å²) >= 11 is 0. The van der Waals surface area contributed by atoms with Gasteiger partial charge in [-0.1, -0.05) is 18.2 Å². The molecule has 0 spiro atoms. The van der Waals surface area contributed by atoms with Crippen molar-refractivity contribution in [3.8, 4) is 5.75 Å². The number of para-hydroxylation sites is 1. The summed E-state index contributed by atoms with van der Waals surface area (Å²) in [6, 6.07) is 13.0. The highest BCUT2D eigenvalue weighted by Crippen LogP contribution is 2.19. The summed E-state index contributed by atoms with van der Waals surface area (Å²) < 4.78 is 7.40. The number of rotatable bonds is 4. The molecule has 0 unspecified atom stereocenters. The van der Waals surface area contributed by atoms with Gasteiger partial charge in [0, 0.05) is 11.9 Å². The number of hydrogen-bond acceptors (Lipinski definition) is 3. The minimum absolute atomic E-state index is 0.0380. The van der Waals surface area contributed by atoms with Crippen LogP contribution in [0.4, 0.5) is 5.69 Å². The van der Waals surface area contributed by atoms with Crippen LogP contribution < -0.4 is 10.1 Å². The molecule has 0 fully saturated rings. The van der Waals surface area contributed by atoms with Crippen molar-refractivity contribution < 1.29 is 9.53 Å². The highest BCUT2D eigenvalue weighted by Gasteiger charge is 2.11. The molecular weight excluding hydrogens is 278 g/mol. The van der Waals surface area contributed by atoms with Crippen LogP contribution >= 0.6 is 0 Å². The average molecular weight is 295 g/mol.